The lowest BCUT2D eigenvalue weighted by Gasteiger charge is -2.09. The van der Waals surface area contributed by atoms with Gasteiger partial charge in [-0.3, -0.25) is 0 Å². The van der Waals surface area contributed by atoms with Crippen LogP contribution in [-0.2, 0) is 6.42 Å². The maximum atomic E-state index is 2.37. The average molecular weight is 440 g/mol. The van der Waals surface area contributed by atoms with Crippen molar-refractivity contribution in [1.29, 1.82) is 0 Å². The van der Waals surface area contributed by atoms with Gasteiger partial charge in [-0.2, -0.15) is 0 Å². The van der Waals surface area contributed by atoms with Gasteiger partial charge in [0.05, 0.1) is 11.0 Å². The number of benzene rings is 5. The fourth-order valence-corrected chi connectivity index (χ4v) is 6.17. The molecule has 0 aliphatic heterocycles. The lowest BCUT2D eigenvalue weighted by atomic mass is 10.0. The molecule has 1 nitrogen and oxygen atoms in total. The van der Waals surface area contributed by atoms with Crippen LogP contribution in [0.5, 0.6) is 0 Å². The Labute approximate surface area is 196 Å². The molecule has 0 N–H and O–H groups in total. The molecule has 0 spiro atoms. The second-order valence-electron chi connectivity index (χ2n) is 8.64. The molecule has 0 bridgehead atoms. The highest BCUT2D eigenvalue weighted by atomic mass is 32.1. The normalized spacial score (nSPS) is 11.8. The Bertz CT molecular complexity index is 1730. The Morgan fingerprint density at radius 2 is 1.06 bits per heavy atom. The van der Waals surface area contributed by atoms with Crippen LogP contribution in [0.1, 0.15) is 11.1 Å². The summed E-state index contributed by atoms with van der Waals surface area (Å²) in [7, 11) is 0. The van der Waals surface area contributed by atoms with Crippen molar-refractivity contribution in [3.63, 3.8) is 0 Å². The summed E-state index contributed by atoms with van der Waals surface area (Å²) >= 11 is 1.88. The number of thiophene rings is 1. The highest BCUT2D eigenvalue weighted by Crippen LogP contribution is 2.35. The van der Waals surface area contributed by atoms with E-state index in [2.05, 4.69) is 120 Å². The number of nitrogens with zero attached hydrogens (tertiary/aromatic N) is 1. The minimum atomic E-state index is 0.938. The molecule has 7 rings (SSSR count). The maximum absolute atomic E-state index is 2.37. The molecule has 0 aliphatic carbocycles. The van der Waals surface area contributed by atoms with Gasteiger partial charge in [-0.1, -0.05) is 72.8 Å². The summed E-state index contributed by atoms with van der Waals surface area (Å²) in [4.78, 5) is 0. The fraction of sp³-hybridized carbons (Fsp3) is 0.0323. The maximum Gasteiger partial charge on any atom is 0.0541 e. The zero-order valence-electron chi connectivity index (χ0n) is 18.0. The molecule has 5 aromatic carbocycles. The number of hydrogen-bond donors (Lipinski definition) is 0. The fourth-order valence-electron chi connectivity index (χ4n) is 5.08. The van der Waals surface area contributed by atoms with Crippen molar-refractivity contribution < 1.29 is 0 Å². The third-order valence-corrected chi connectivity index (χ3v) is 7.78. The number of hydrogen-bond acceptors (Lipinski definition) is 1. The predicted octanol–water partition coefficient (Wildman–Crippen LogP) is 8.74. The molecule has 156 valence electrons. The summed E-state index contributed by atoms with van der Waals surface area (Å²) in [5, 5.41) is 5.33. The summed E-state index contributed by atoms with van der Waals surface area (Å²) in [6.07, 6.45) is 0.938. The van der Waals surface area contributed by atoms with Gasteiger partial charge in [0.1, 0.15) is 0 Å². The third kappa shape index (κ3) is 2.99. The zero-order valence-corrected chi connectivity index (χ0v) is 18.8. The number of fused-ring (bicyclic) bond motifs is 6. The van der Waals surface area contributed by atoms with Gasteiger partial charge in [0.2, 0.25) is 0 Å². The van der Waals surface area contributed by atoms with Crippen LogP contribution in [0.4, 0.5) is 0 Å². The molecular formula is C31H21NS. The van der Waals surface area contributed by atoms with E-state index in [1.54, 1.807) is 0 Å². The molecule has 2 heterocycles. The van der Waals surface area contributed by atoms with E-state index in [4.69, 9.17) is 0 Å². The van der Waals surface area contributed by atoms with E-state index in [0.717, 1.165) is 6.42 Å². The van der Waals surface area contributed by atoms with Crippen LogP contribution in [0.3, 0.4) is 0 Å². The van der Waals surface area contributed by atoms with E-state index < -0.39 is 0 Å². The summed E-state index contributed by atoms with van der Waals surface area (Å²) in [5.41, 5.74) is 6.40. The largest absolute Gasteiger partial charge is 0.309 e. The van der Waals surface area contributed by atoms with Crippen molar-refractivity contribution in [3.8, 4) is 5.69 Å². The second-order valence-corrected chi connectivity index (χ2v) is 9.73. The predicted molar refractivity (Wildman–Crippen MR) is 143 cm³/mol. The van der Waals surface area contributed by atoms with Crippen molar-refractivity contribution in [2.75, 3.05) is 0 Å². The first-order chi connectivity index (χ1) is 16.3. The molecule has 0 saturated heterocycles. The highest BCUT2D eigenvalue weighted by molar-refractivity contribution is 7.25. The molecule has 0 radical (unpaired) electrons. The molecular weight excluding hydrogens is 418 g/mol. The van der Waals surface area contributed by atoms with Crippen LogP contribution < -0.4 is 0 Å². The molecule has 0 unspecified atom stereocenters. The standard InChI is InChI=1S/C31H21NS/c1-4-10-28-24(7-1)25-8-2-5-11-29(25)32(28)23-16-13-21(14-17-23)19-22-15-18-31-27(20-22)26-9-3-6-12-30(26)33-31/h1-18,20H,19H2. The first-order valence-electron chi connectivity index (χ1n) is 11.3. The second kappa shape index (κ2) is 7.33. The SMILES string of the molecule is c1ccc2c(c1)sc1ccc(Cc3ccc(-n4c5ccccc5c5ccccc54)cc3)cc12. The highest BCUT2D eigenvalue weighted by Gasteiger charge is 2.11. The molecule has 0 atom stereocenters. The first-order valence-corrected chi connectivity index (χ1v) is 12.1. The zero-order chi connectivity index (χ0) is 21.8. The van der Waals surface area contributed by atoms with Crippen LogP contribution in [0.2, 0.25) is 0 Å². The van der Waals surface area contributed by atoms with Crippen LogP contribution in [-0.4, -0.2) is 4.57 Å². The summed E-state index contributed by atoms with van der Waals surface area (Å²) in [6.45, 7) is 0. The van der Waals surface area contributed by atoms with Gasteiger partial charge in [0, 0.05) is 36.6 Å². The Hall–Kier alpha value is -3.88. The monoisotopic (exact) mass is 439 g/mol. The van der Waals surface area contributed by atoms with Crippen LogP contribution in [0.15, 0.2) is 115 Å². The van der Waals surface area contributed by atoms with Crippen molar-refractivity contribution in [2.24, 2.45) is 0 Å². The van der Waals surface area contributed by atoms with Gasteiger partial charge in [0.15, 0.2) is 0 Å². The van der Waals surface area contributed by atoms with Gasteiger partial charge in [0.25, 0.3) is 0 Å². The van der Waals surface area contributed by atoms with Gasteiger partial charge in [-0.25, -0.2) is 0 Å². The molecule has 0 amide bonds. The first kappa shape index (κ1) is 18.7. The van der Waals surface area contributed by atoms with Crippen molar-refractivity contribution in [2.45, 2.75) is 6.42 Å². The Balaban J connectivity index is 1.27. The van der Waals surface area contributed by atoms with Gasteiger partial charge < -0.3 is 4.57 Å². The van der Waals surface area contributed by atoms with Crippen molar-refractivity contribution >= 4 is 53.3 Å². The van der Waals surface area contributed by atoms with E-state index in [1.807, 2.05) is 11.3 Å². The molecule has 2 heteroatoms. The smallest absolute Gasteiger partial charge is 0.0541 e. The summed E-state index contributed by atoms with van der Waals surface area (Å²) in [5.74, 6) is 0. The average Bonchev–Trinajstić information content (AvgIpc) is 3.40. The molecule has 0 saturated carbocycles. The topological polar surface area (TPSA) is 4.93 Å². The van der Waals surface area contributed by atoms with E-state index in [1.165, 1.54) is 58.8 Å². The van der Waals surface area contributed by atoms with E-state index in [-0.39, 0.29) is 0 Å². The molecule has 0 aliphatic rings. The Morgan fingerprint density at radius 3 is 1.79 bits per heavy atom. The number of rotatable bonds is 3. The minimum absolute atomic E-state index is 0.938. The number of aromatic nitrogens is 1. The third-order valence-electron chi connectivity index (χ3n) is 6.62. The van der Waals surface area contributed by atoms with Crippen molar-refractivity contribution in [3.05, 3.63) is 126 Å². The van der Waals surface area contributed by atoms with Gasteiger partial charge in [-0.15, -0.1) is 11.3 Å². The quantitative estimate of drug-likeness (QED) is 0.259. The molecule has 0 fully saturated rings. The van der Waals surface area contributed by atoms with E-state index >= 15 is 0 Å². The molecule has 33 heavy (non-hydrogen) atoms. The summed E-state index contributed by atoms with van der Waals surface area (Å²) in [6, 6.07) is 42.0. The minimum Gasteiger partial charge on any atom is -0.309 e. The lowest BCUT2D eigenvalue weighted by molar-refractivity contribution is 1.15. The van der Waals surface area contributed by atoms with Gasteiger partial charge in [-0.05, 0) is 60.0 Å². The Morgan fingerprint density at radius 1 is 0.485 bits per heavy atom. The lowest BCUT2D eigenvalue weighted by Crippen LogP contribution is -1.95. The number of para-hydroxylation sites is 2. The van der Waals surface area contributed by atoms with Crippen LogP contribution in [0.25, 0.3) is 47.7 Å². The van der Waals surface area contributed by atoms with Crippen molar-refractivity contribution in [1.82, 2.24) is 4.57 Å². The van der Waals surface area contributed by atoms with Crippen LogP contribution in [0, 0.1) is 0 Å². The molecule has 7 aromatic rings. The van der Waals surface area contributed by atoms with E-state index in [0.29, 0.717) is 0 Å². The molecule has 2 aromatic heterocycles. The van der Waals surface area contributed by atoms with E-state index in [9.17, 15) is 0 Å². The Kier molecular flexibility index (Phi) is 4.15. The van der Waals surface area contributed by atoms with Crippen LogP contribution >= 0.6 is 11.3 Å². The van der Waals surface area contributed by atoms with Gasteiger partial charge >= 0.3 is 0 Å². The summed E-state index contributed by atoms with van der Waals surface area (Å²) < 4.78 is 5.10.